The second-order valence-electron chi connectivity index (χ2n) is 21.5. The van der Waals surface area contributed by atoms with Crippen molar-refractivity contribution in [3.8, 4) is 45.3 Å². The van der Waals surface area contributed by atoms with Gasteiger partial charge in [-0.05, 0) is 153 Å². The maximum absolute atomic E-state index is 15.0. The van der Waals surface area contributed by atoms with E-state index in [4.69, 9.17) is 35.3 Å². The molecule has 0 spiro atoms. The zero-order valence-corrected chi connectivity index (χ0v) is 48.9. The Bertz CT molecular complexity index is 3280. The lowest BCUT2D eigenvalue weighted by atomic mass is 9.81. The number of benzene rings is 8. The summed E-state index contributed by atoms with van der Waals surface area (Å²) >= 11 is 5.93. The topological polar surface area (TPSA) is 101 Å². The fourth-order valence-electron chi connectivity index (χ4n) is 9.45. The standard InChI is InChI=1S/C35H37FO4.C18H20ClFO.C17H18O3/c1-6-39-34(37)22-29(25-10-8-7-9-11-25)26-13-15-27(16-14-26)40-23-24-12-18-32(35(2,3)4)30(20-24)31-21-28(38-5)17-19-33(31)36;1-18(2,3)16-7-5-12(11-19)9-14(16)15-10-13(21-4)6-8-17(15)20;1-2-20-17(19)12-16(13-6-4-3-5-7-13)14-8-10-15(18)11-9-14/h7-21,29H,6,22-23H2,1-5H3;5-10H,11H2,1-4H3;3-11,16,18H,2,12H2,1H3/t29-;;16-/m1.1/s1. The average molecular weight is 1120 g/mol. The van der Waals surface area contributed by atoms with Crippen LogP contribution in [0.2, 0.25) is 0 Å². The summed E-state index contributed by atoms with van der Waals surface area (Å²) < 4.78 is 56.3. The number of hydrogen-bond donors (Lipinski definition) is 1. The lowest BCUT2D eigenvalue weighted by molar-refractivity contribution is -0.144. The number of esters is 2. The zero-order chi connectivity index (χ0) is 58.7. The molecule has 8 nitrogen and oxygen atoms in total. The van der Waals surface area contributed by atoms with Crippen molar-refractivity contribution in [1.29, 1.82) is 0 Å². The molecule has 0 aliphatic rings. The van der Waals surface area contributed by atoms with Crippen LogP contribution in [0.15, 0.2) is 182 Å². The number of carbonyl (C=O) groups is 2. The molecule has 0 aliphatic heterocycles. The first kappa shape index (κ1) is 62.3. The summed E-state index contributed by atoms with van der Waals surface area (Å²) in [4.78, 5) is 24.1. The number of carbonyl (C=O) groups excluding carboxylic acids is 2. The van der Waals surface area contributed by atoms with Crippen LogP contribution in [0, 0.1) is 11.6 Å². The monoisotopic (exact) mass is 1120 g/mol. The highest BCUT2D eigenvalue weighted by molar-refractivity contribution is 6.17. The van der Waals surface area contributed by atoms with Gasteiger partial charge in [0.15, 0.2) is 0 Å². The highest BCUT2D eigenvalue weighted by atomic mass is 35.5. The molecule has 0 aliphatic carbocycles. The number of aromatic hydroxyl groups is 1. The molecule has 0 radical (unpaired) electrons. The molecule has 8 aromatic rings. The molecule has 81 heavy (non-hydrogen) atoms. The first-order chi connectivity index (χ1) is 38.8. The third-order valence-electron chi connectivity index (χ3n) is 13.6. The highest BCUT2D eigenvalue weighted by Gasteiger charge is 2.24. The summed E-state index contributed by atoms with van der Waals surface area (Å²) in [6, 6.07) is 56.3. The number of alkyl halides is 1. The molecule has 2 atom stereocenters. The minimum Gasteiger partial charge on any atom is -0.508 e. The van der Waals surface area contributed by atoms with Gasteiger partial charge >= 0.3 is 11.9 Å². The third-order valence-corrected chi connectivity index (χ3v) is 13.9. The summed E-state index contributed by atoms with van der Waals surface area (Å²) in [5.74, 6) is 1.42. The molecule has 1 N–H and O–H groups in total. The van der Waals surface area contributed by atoms with Crippen LogP contribution in [0.1, 0.15) is 125 Å². The fraction of sp³-hybridized carbons (Fsp3) is 0.286. The van der Waals surface area contributed by atoms with Crippen LogP contribution in [-0.2, 0) is 42.4 Å². The molecule has 0 saturated heterocycles. The normalized spacial score (nSPS) is 11.9. The molecular weight excluding hydrogens is 1040 g/mol. The van der Waals surface area contributed by atoms with Gasteiger partial charge < -0.3 is 28.8 Å². The molecule has 424 valence electrons. The van der Waals surface area contributed by atoms with E-state index in [1.54, 1.807) is 57.5 Å². The Hall–Kier alpha value is -7.95. The lowest BCUT2D eigenvalue weighted by Gasteiger charge is -2.24. The van der Waals surface area contributed by atoms with Gasteiger partial charge in [-0.1, -0.05) is 151 Å². The zero-order valence-electron chi connectivity index (χ0n) is 48.2. The van der Waals surface area contributed by atoms with Crippen molar-refractivity contribution < 1.29 is 47.2 Å². The minimum absolute atomic E-state index is 0.0594. The Morgan fingerprint density at radius 1 is 0.481 bits per heavy atom. The third kappa shape index (κ3) is 17.8. The van der Waals surface area contributed by atoms with Crippen LogP contribution in [0.4, 0.5) is 8.78 Å². The van der Waals surface area contributed by atoms with Crippen LogP contribution in [-0.4, -0.2) is 44.5 Å². The summed E-state index contributed by atoms with van der Waals surface area (Å²) in [5, 5.41) is 9.38. The predicted octanol–water partition coefficient (Wildman–Crippen LogP) is 17.5. The van der Waals surface area contributed by atoms with Crippen LogP contribution in [0.5, 0.6) is 23.0 Å². The first-order valence-electron chi connectivity index (χ1n) is 27.2. The second kappa shape index (κ2) is 29.5. The van der Waals surface area contributed by atoms with Gasteiger partial charge in [-0.2, -0.15) is 0 Å². The Kier molecular flexibility index (Phi) is 22.7. The van der Waals surface area contributed by atoms with Crippen molar-refractivity contribution >= 4 is 23.5 Å². The number of methoxy groups -OCH3 is 2. The van der Waals surface area contributed by atoms with Gasteiger partial charge in [0.05, 0.1) is 40.3 Å². The van der Waals surface area contributed by atoms with Gasteiger partial charge in [0.25, 0.3) is 0 Å². The molecule has 8 aromatic carbocycles. The Balaban J connectivity index is 0.000000216. The summed E-state index contributed by atoms with van der Waals surface area (Å²) in [5.41, 5.74) is 10.6. The Morgan fingerprint density at radius 2 is 0.864 bits per heavy atom. The van der Waals surface area contributed by atoms with Crippen LogP contribution in [0.25, 0.3) is 22.3 Å². The number of phenols is 1. The van der Waals surface area contributed by atoms with E-state index in [0.29, 0.717) is 60.5 Å². The van der Waals surface area contributed by atoms with E-state index in [0.717, 1.165) is 55.6 Å². The van der Waals surface area contributed by atoms with Crippen molar-refractivity contribution in [3.63, 3.8) is 0 Å². The van der Waals surface area contributed by atoms with E-state index in [1.165, 1.54) is 12.1 Å². The fourth-order valence-corrected chi connectivity index (χ4v) is 9.62. The maximum atomic E-state index is 15.0. The van der Waals surface area contributed by atoms with Crippen molar-refractivity contribution in [2.75, 3.05) is 27.4 Å². The second-order valence-corrected chi connectivity index (χ2v) is 21.7. The van der Waals surface area contributed by atoms with E-state index in [-0.39, 0.29) is 58.4 Å². The molecule has 0 amide bonds. The predicted molar refractivity (Wildman–Crippen MR) is 322 cm³/mol. The van der Waals surface area contributed by atoms with E-state index in [2.05, 4.69) is 47.6 Å². The Labute approximate surface area is 482 Å². The van der Waals surface area contributed by atoms with Crippen molar-refractivity contribution in [2.45, 2.75) is 103 Å². The van der Waals surface area contributed by atoms with Gasteiger partial charge in [-0.3, -0.25) is 9.59 Å². The van der Waals surface area contributed by atoms with Gasteiger partial charge in [0, 0.05) is 28.8 Å². The number of phenolic OH excluding ortho intramolecular Hbond substituents is 1. The van der Waals surface area contributed by atoms with Crippen LogP contribution >= 0.6 is 11.6 Å². The molecule has 8 rings (SSSR count). The van der Waals surface area contributed by atoms with Gasteiger partial charge in [-0.15, -0.1) is 11.6 Å². The molecule has 0 heterocycles. The Morgan fingerprint density at radius 3 is 1.26 bits per heavy atom. The molecule has 0 fully saturated rings. The number of hydrogen-bond acceptors (Lipinski definition) is 8. The van der Waals surface area contributed by atoms with E-state index in [1.807, 2.05) is 134 Å². The molecule has 0 aromatic heterocycles. The van der Waals surface area contributed by atoms with E-state index in [9.17, 15) is 23.5 Å². The molecular formula is C70H75ClF2O8. The van der Waals surface area contributed by atoms with Gasteiger partial charge in [0.2, 0.25) is 0 Å². The number of ether oxygens (including phenoxy) is 5. The van der Waals surface area contributed by atoms with Crippen LogP contribution in [0.3, 0.4) is 0 Å². The summed E-state index contributed by atoms with van der Waals surface area (Å²) in [7, 11) is 3.16. The van der Waals surface area contributed by atoms with Crippen molar-refractivity contribution in [1.82, 2.24) is 0 Å². The number of rotatable bonds is 18. The van der Waals surface area contributed by atoms with Gasteiger partial charge in [-0.25, -0.2) is 8.78 Å². The lowest BCUT2D eigenvalue weighted by Crippen LogP contribution is -2.13. The quantitative estimate of drug-likeness (QED) is 0.0670. The SMILES string of the molecule is CCOC(=O)C[C@H](c1ccccc1)c1ccc(O)cc1.CCOC(=O)C[C@H](c1ccccc1)c1ccc(OCc2ccc(C(C)(C)C)c(-c3cc(OC)ccc3F)c2)cc1.COc1ccc(F)c(-c2cc(CCl)ccc2C(C)(C)C)c1. The van der Waals surface area contributed by atoms with Gasteiger partial charge in [0.1, 0.15) is 41.2 Å². The maximum Gasteiger partial charge on any atom is 0.306 e. The molecule has 11 heteroatoms. The number of halogens is 3. The summed E-state index contributed by atoms with van der Waals surface area (Å²) in [6.45, 7) is 17.4. The smallest absolute Gasteiger partial charge is 0.306 e. The van der Waals surface area contributed by atoms with Crippen molar-refractivity contribution in [3.05, 3.63) is 238 Å². The first-order valence-corrected chi connectivity index (χ1v) is 27.7. The average Bonchev–Trinajstić information content (AvgIpc) is 3.53. The molecule has 0 saturated carbocycles. The van der Waals surface area contributed by atoms with E-state index >= 15 is 0 Å². The molecule has 0 unspecified atom stereocenters. The van der Waals surface area contributed by atoms with Crippen LogP contribution < -0.4 is 14.2 Å². The van der Waals surface area contributed by atoms with E-state index < -0.39 is 0 Å². The summed E-state index contributed by atoms with van der Waals surface area (Å²) in [6.07, 6.45) is 0.560. The van der Waals surface area contributed by atoms with Crippen molar-refractivity contribution in [2.24, 2.45) is 0 Å². The molecule has 0 bridgehead atoms. The highest BCUT2D eigenvalue weighted by Crippen LogP contribution is 2.39. The minimum atomic E-state index is -0.296. The largest absolute Gasteiger partial charge is 0.508 e.